The highest BCUT2D eigenvalue weighted by atomic mass is 35.5. The molecular weight excluding hydrogens is 307 g/mol. The highest BCUT2D eigenvalue weighted by Crippen LogP contribution is 2.33. The van der Waals surface area contributed by atoms with Crippen molar-refractivity contribution in [3.05, 3.63) is 57.6 Å². The first kappa shape index (κ1) is 14.2. The van der Waals surface area contributed by atoms with Crippen molar-refractivity contribution in [2.75, 3.05) is 17.2 Å². The minimum absolute atomic E-state index is 0.0832. The van der Waals surface area contributed by atoms with Crippen molar-refractivity contribution >= 4 is 40.5 Å². The fourth-order valence-corrected chi connectivity index (χ4v) is 2.95. The van der Waals surface area contributed by atoms with E-state index in [0.29, 0.717) is 22.2 Å². The summed E-state index contributed by atoms with van der Waals surface area (Å²) in [6.07, 6.45) is 1.79. The number of hydrogen-bond acceptors (Lipinski definition) is 2. The topological polar surface area (TPSA) is 46.3 Å². The number of carbonyl (C=O) groups excluding carboxylic acids is 1. The van der Waals surface area contributed by atoms with Gasteiger partial charge in [0.15, 0.2) is 0 Å². The Morgan fingerprint density at radius 1 is 1.14 bits per heavy atom. The minimum Gasteiger partial charge on any atom is -0.398 e. The molecule has 1 heterocycles. The molecule has 0 fully saturated rings. The van der Waals surface area contributed by atoms with Gasteiger partial charge in [-0.3, -0.25) is 4.79 Å². The predicted molar refractivity (Wildman–Crippen MR) is 87.3 cm³/mol. The Morgan fingerprint density at radius 2 is 1.95 bits per heavy atom. The molecule has 3 nitrogen and oxygen atoms in total. The van der Waals surface area contributed by atoms with Crippen LogP contribution in [0.25, 0.3) is 0 Å². The smallest absolute Gasteiger partial charge is 0.258 e. The number of anilines is 2. The molecule has 0 radical (unpaired) electrons. The van der Waals surface area contributed by atoms with Crippen LogP contribution in [0.5, 0.6) is 0 Å². The molecule has 5 heteroatoms. The average molecular weight is 321 g/mol. The number of nitrogens with two attached hydrogens (primary N) is 1. The molecule has 0 unspecified atom stereocenters. The molecule has 1 aliphatic heterocycles. The van der Waals surface area contributed by atoms with Crippen LogP contribution in [0.1, 0.15) is 22.3 Å². The van der Waals surface area contributed by atoms with E-state index in [-0.39, 0.29) is 5.91 Å². The number of halogens is 2. The predicted octanol–water partition coefficient (Wildman–Crippen LogP) is 4.17. The van der Waals surface area contributed by atoms with Crippen molar-refractivity contribution in [2.24, 2.45) is 0 Å². The second-order valence-corrected chi connectivity index (χ2v) is 5.85. The maximum atomic E-state index is 12.7. The first-order valence-electron chi connectivity index (χ1n) is 6.72. The first-order valence-corrected chi connectivity index (χ1v) is 7.48. The SMILES string of the molecule is Nc1cccc2c1CCCN2C(=O)c1ccc(Cl)c(Cl)c1. The molecule has 1 aliphatic rings. The van der Waals surface area contributed by atoms with E-state index in [1.165, 1.54) is 0 Å². The van der Waals surface area contributed by atoms with Gasteiger partial charge in [-0.15, -0.1) is 0 Å². The van der Waals surface area contributed by atoms with E-state index in [1.54, 1.807) is 23.1 Å². The average Bonchev–Trinajstić information content (AvgIpc) is 2.49. The zero-order valence-electron chi connectivity index (χ0n) is 11.3. The number of nitrogens with zero attached hydrogens (tertiary/aromatic N) is 1. The lowest BCUT2D eigenvalue weighted by molar-refractivity contribution is 0.0985. The number of amides is 1. The normalized spacial score (nSPS) is 13.9. The van der Waals surface area contributed by atoms with Gasteiger partial charge in [0.05, 0.1) is 10.0 Å². The van der Waals surface area contributed by atoms with Gasteiger partial charge in [-0.05, 0) is 48.7 Å². The van der Waals surface area contributed by atoms with Gasteiger partial charge in [-0.25, -0.2) is 0 Å². The Morgan fingerprint density at radius 3 is 2.71 bits per heavy atom. The summed E-state index contributed by atoms with van der Waals surface area (Å²) >= 11 is 11.9. The third kappa shape index (κ3) is 2.59. The monoisotopic (exact) mass is 320 g/mol. The molecule has 2 N–H and O–H groups in total. The van der Waals surface area contributed by atoms with E-state index < -0.39 is 0 Å². The summed E-state index contributed by atoms with van der Waals surface area (Å²) in [4.78, 5) is 14.5. The summed E-state index contributed by atoms with van der Waals surface area (Å²) < 4.78 is 0. The van der Waals surface area contributed by atoms with Crippen LogP contribution in [0.4, 0.5) is 11.4 Å². The number of fused-ring (bicyclic) bond motifs is 1. The summed E-state index contributed by atoms with van der Waals surface area (Å²) in [5.74, 6) is -0.0832. The summed E-state index contributed by atoms with van der Waals surface area (Å²) in [5, 5.41) is 0.823. The molecule has 0 saturated heterocycles. The van der Waals surface area contributed by atoms with Gasteiger partial charge in [0.1, 0.15) is 0 Å². The number of rotatable bonds is 1. The van der Waals surface area contributed by atoms with Crippen molar-refractivity contribution in [3.8, 4) is 0 Å². The maximum Gasteiger partial charge on any atom is 0.258 e. The fourth-order valence-electron chi connectivity index (χ4n) is 2.65. The molecule has 108 valence electrons. The summed E-state index contributed by atoms with van der Waals surface area (Å²) in [7, 11) is 0. The van der Waals surface area contributed by atoms with Crippen LogP contribution in [-0.2, 0) is 6.42 Å². The molecular formula is C16H14Cl2N2O. The van der Waals surface area contributed by atoms with Gasteiger partial charge in [-0.1, -0.05) is 29.3 Å². The Hall–Kier alpha value is -1.71. The molecule has 3 rings (SSSR count). The van der Waals surface area contributed by atoms with Crippen LogP contribution in [-0.4, -0.2) is 12.5 Å². The summed E-state index contributed by atoms with van der Waals surface area (Å²) in [6.45, 7) is 0.676. The van der Waals surface area contributed by atoms with Crippen LogP contribution in [0, 0.1) is 0 Å². The fraction of sp³-hybridized carbons (Fsp3) is 0.188. The van der Waals surface area contributed by atoms with Gasteiger partial charge in [0.25, 0.3) is 5.91 Å². The van der Waals surface area contributed by atoms with Crippen molar-refractivity contribution in [3.63, 3.8) is 0 Å². The quantitative estimate of drug-likeness (QED) is 0.801. The Kier molecular flexibility index (Phi) is 3.79. The van der Waals surface area contributed by atoms with Crippen LogP contribution in [0.15, 0.2) is 36.4 Å². The molecule has 0 saturated carbocycles. The van der Waals surface area contributed by atoms with E-state index in [2.05, 4.69) is 0 Å². The molecule has 0 aliphatic carbocycles. The number of benzene rings is 2. The zero-order chi connectivity index (χ0) is 15.0. The third-order valence-electron chi connectivity index (χ3n) is 3.70. The van der Waals surface area contributed by atoms with Gasteiger partial charge in [0, 0.05) is 23.5 Å². The second-order valence-electron chi connectivity index (χ2n) is 5.03. The molecule has 21 heavy (non-hydrogen) atoms. The third-order valence-corrected chi connectivity index (χ3v) is 4.44. The highest BCUT2D eigenvalue weighted by Gasteiger charge is 2.24. The largest absolute Gasteiger partial charge is 0.398 e. The van der Waals surface area contributed by atoms with Gasteiger partial charge < -0.3 is 10.6 Å². The van der Waals surface area contributed by atoms with Crippen molar-refractivity contribution < 1.29 is 4.79 Å². The van der Waals surface area contributed by atoms with Crippen LogP contribution < -0.4 is 10.6 Å². The standard InChI is InChI=1S/C16H14Cl2N2O/c17-12-7-6-10(9-13(12)18)16(21)20-8-2-3-11-14(19)4-1-5-15(11)20/h1,4-7,9H,2-3,8,19H2. The van der Waals surface area contributed by atoms with Crippen molar-refractivity contribution in [1.82, 2.24) is 0 Å². The van der Waals surface area contributed by atoms with Crippen LogP contribution in [0.2, 0.25) is 10.0 Å². The molecule has 0 spiro atoms. The van der Waals surface area contributed by atoms with E-state index in [0.717, 1.165) is 29.8 Å². The van der Waals surface area contributed by atoms with Crippen LogP contribution in [0.3, 0.4) is 0 Å². The molecule has 0 aromatic heterocycles. The molecule has 1 amide bonds. The molecule has 0 atom stereocenters. The minimum atomic E-state index is -0.0832. The first-order chi connectivity index (χ1) is 10.1. The maximum absolute atomic E-state index is 12.7. The summed E-state index contributed by atoms with van der Waals surface area (Å²) in [6, 6.07) is 10.6. The van der Waals surface area contributed by atoms with E-state index in [1.807, 2.05) is 18.2 Å². The van der Waals surface area contributed by atoms with Gasteiger partial charge in [-0.2, -0.15) is 0 Å². The highest BCUT2D eigenvalue weighted by molar-refractivity contribution is 6.42. The van der Waals surface area contributed by atoms with Crippen LogP contribution >= 0.6 is 23.2 Å². The van der Waals surface area contributed by atoms with Crippen molar-refractivity contribution in [2.45, 2.75) is 12.8 Å². The van der Waals surface area contributed by atoms with Gasteiger partial charge >= 0.3 is 0 Å². The Bertz CT molecular complexity index is 715. The second kappa shape index (κ2) is 5.58. The Labute approximate surface area is 133 Å². The Balaban J connectivity index is 2.00. The van der Waals surface area contributed by atoms with Gasteiger partial charge in [0.2, 0.25) is 0 Å². The molecule has 0 bridgehead atoms. The number of nitrogen functional groups attached to an aromatic ring is 1. The van der Waals surface area contributed by atoms with E-state index >= 15 is 0 Å². The van der Waals surface area contributed by atoms with E-state index in [4.69, 9.17) is 28.9 Å². The molecule has 2 aromatic carbocycles. The number of carbonyl (C=O) groups is 1. The lowest BCUT2D eigenvalue weighted by Gasteiger charge is -2.30. The van der Waals surface area contributed by atoms with Crippen molar-refractivity contribution in [1.29, 1.82) is 0 Å². The lowest BCUT2D eigenvalue weighted by Crippen LogP contribution is -2.35. The lowest BCUT2D eigenvalue weighted by atomic mass is 9.99. The summed E-state index contributed by atoms with van der Waals surface area (Å²) in [5.41, 5.74) is 9.20. The molecule has 2 aromatic rings. The zero-order valence-corrected chi connectivity index (χ0v) is 12.8. The van der Waals surface area contributed by atoms with E-state index in [9.17, 15) is 4.79 Å². The number of hydrogen-bond donors (Lipinski definition) is 1.